The van der Waals surface area contributed by atoms with E-state index in [1.54, 1.807) is 0 Å². The predicted molar refractivity (Wildman–Crippen MR) is 113 cm³/mol. The van der Waals surface area contributed by atoms with E-state index < -0.39 is 15.0 Å². The van der Waals surface area contributed by atoms with Crippen LogP contribution in [0.3, 0.4) is 0 Å². The van der Waals surface area contributed by atoms with Crippen LogP contribution in [0.15, 0.2) is 73.1 Å². The second-order valence-corrected chi connectivity index (χ2v) is 12.0. The molecule has 172 valence electrons. The van der Waals surface area contributed by atoms with Crippen molar-refractivity contribution >= 4 is 25.6 Å². The van der Waals surface area contributed by atoms with Gasteiger partial charge in [0.05, 0.1) is 13.6 Å². The third kappa shape index (κ3) is 8.88. The van der Waals surface area contributed by atoms with E-state index in [1.165, 1.54) is 5.82 Å². The van der Waals surface area contributed by atoms with E-state index in [2.05, 4.69) is 28.5 Å². The fourth-order valence-electron chi connectivity index (χ4n) is 3.04. The van der Waals surface area contributed by atoms with Crippen molar-refractivity contribution in [3.8, 4) is 0 Å². The number of halogens is 6. The zero-order chi connectivity index (χ0) is 23.4. The number of aryl methyl sites for hydroxylation is 2. The van der Waals surface area contributed by atoms with E-state index in [1.807, 2.05) is 67.7 Å². The molecule has 1 aromatic heterocycles. The van der Waals surface area contributed by atoms with E-state index in [0.29, 0.717) is 6.16 Å². The van der Waals surface area contributed by atoms with Crippen LogP contribution in [0.2, 0.25) is 0 Å². The van der Waals surface area contributed by atoms with Crippen LogP contribution in [0.1, 0.15) is 12.2 Å². The van der Waals surface area contributed by atoms with Crippen molar-refractivity contribution in [2.45, 2.75) is 19.9 Å². The summed E-state index contributed by atoms with van der Waals surface area (Å²) in [6, 6.07) is 19.8. The number of aromatic nitrogens is 2. The number of imidazole rings is 1. The van der Waals surface area contributed by atoms with Crippen molar-refractivity contribution < 1.29 is 34.3 Å². The summed E-state index contributed by atoms with van der Waals surface area (Å²) in [5.74, 6) is 1.21. The normalized spacial score (nSPS) is 14.2. The molecular formula is C20H24F6N2OP2. The molecule has 0 saturated heterocycles. The molecule has 3 nitrogen and oxygen atoms in total. The Kier molecular flexibility index (Phi) is 6.85. The van der Waals surface area contributed by atoms with Gasteiger partial charge in [-0.25, -0.2) is 9.13 Å². The fraction of sp³-hybridized carbons (Fsp3) is 0.250. The van der Waals surface area contributed by atoms with Gasteiger partial charge in [0.2, 0.25) is 0 Å². The SMILES string of the molecule is Cc1n(CCCP(=O)(c2ccccc2)c2ccccc2)cc[n+]1C.F[P-](F)(F)(F)(F)F. The van der Waals surface area contributed by atoms with Crippen molar-refractivity contribution in [2.24, 2.45) is 7.05 Å². The monoisotopic (exact) mass is 484 g/mol. The first kappa shape index (κ1) is 25.2. The van der Waals surface area contributed by atoms with E-state index in [0.717, 1.165) is 23.6 Å². The first-order valence-electron chi connectivity index (χ1n) is 9.34. The Morgan fingerprint density at radius 3 is 1.65 bits per heavy atom. The summed E-state index contributed by atoms with van der Waals surface area (Å²) in [7, 11) is -11.2. The van der Waals surface area contributed by atoms with Crippen LogP contribution in [0.5, 0.6) is 0 Å². The number of hydrogen-bond acceptors (Lipinski definition) is 1. The van der Waals surface area contributed by atoms with E-state index in [-0.39, 0.29) is 0 Å². The molecule has 0 aliphatic carbocycles. The van der Waals surface area contributed by atoms with Crippen LogP contribution in [0.25, 0.3) is 0 Å². The summed E-state index contributed by atoms with van der Waals surface area (Å²) < 4.78 is 77.4. The average Bonchev–Trinajstić information content (AvgIpc) is 2.99. The standard InChI is InChI=1S/C20H24N2OP.F6P/c1-18-21(2)15-16-22(18)14-9-17-24(23,19-10-5-3-6-11-19)20-12-7-4-8-13-20;1-7(2,3,4,5)6/h3-8,10-13,15-16H,9,14,17H2,1-2H3;/q+1;-1. The molecule has 0 atom stereocenters. The Morgan fingerprint density at radius 1 is 0.871 bits per heavy atom. The number of benzene rings is 2. The van der Waals surface area contributed by atoms with Gasteiger partial charge in [0.1, 0.15) is 19.5 Å². The van der Waals surface area contributed by atoms with Crippen LogP contribution in [-0.2, 0) is 18.2 Å². The van der Waals surface area contributed by atoms with Crippen LogP contribution in [-0.4, -0.2) is 10.7 Å². The summed E-state index contributed by atoms with van der Waals surface area (Å²) >= 11 is 0. The molecule has 0 bridgehead atoms. The molecular weight excluding hydrogens is 460 g/mol. The minimum atomic E-state index is -10.7. The molecule has 0 amide bonds. The minimum absolute atomic E-state index is 0.683. The second-order valence-electron chi connectivity index (χ2n) is 7.10. The van der Waals surface area contributed by atoms with Gasteiger partial charge in [-0.3, -0.25) is 0 Å². The third-order valence-electron chi connectivity index (χ3n) is 4.61. The molecule has 0 fully saturated rings. The molecule has 3 aromatic rings. The van der Waals surface area contributed by atoms with Gasteiger partial charge in [0.15, 0.2) is 0 Å². The van der Waals surface area contributed by atoms with Gasteiger partial charge in [-0.05, 0) is 6.42 Å². The fourth-order valence-corrected chi connectivity index (χ4v) is 5.75. The van der Waals surface area contributed by atoms with Crippen LogP contribution in [0.4, 0.5) is 25.2 Å². The Morgan fingerprint density at radius 2 is 1.29 bits per heavy atom. The Hall–Kier alpha value is -2.11. The Balaban J connectivity index is 0.000000423. The van der Waals surface area contributed by atoms with Crippen molar-refractivity contribution in [1.82, 2.24) is 4.57 Å². The van der Waals surface area contributed by atoms with Crippen molar-refractivity contribution in [1.29, 1.82) is 0 Å². The first-order valence-corrected chi connectivity index (χ1v) is 13.3. The van der Waals surface area contributed by atoms with Crippen LogP contribution in [0, 0.1) is 6.92 Å². The summed E-state index contributed by atoms with van der Waals surface area (Å²) in [6.45, 7) is 2.99. The second kappa shape index (κ2) is 8.44. The molecule has 11 heteroatoms. The molecule has 31 heavy (non-hydrogen) atoms. The van der Waals surface area contributed by atoms with Crippen molar-refractivity contribution in [2.75, 3.05) is 6.16 Å². The zero-order valence-corrected chi connectivity index (χ0v) is 18.8. The summed E-state index contributed by atoms with van der Waals surface area (Å²) in [5.41, 5.74) is 0. The molecule has 0 N–H and O–H groups in total. The van der Waals surface area contributed by atoms with E-state index in [4.69, 9.17) is 0 Å². The number of nitrogens with zero attached hydrogens (tertiary/aromatic N) is 2. The molecule has 3 rings (SSSR count). The molecule has 0 aliphatic heterocycles. The topological polar surface area (TPSA) is 25.9 Å². The van der Waals surface area contributed by atoms with Gasteiger partial charge >= 0.3 is 33.0 Å². The quantitative estimate of drug-likeness (QED) is 0.226. The molecule has 0 radical (unpaired) electrons. The van der Waals surface area contributed by atoms with E-state index >= 15 is 0 Å². The summed E-state index contributed by atoms with van der Waals surface area (Å²) in [5, 5.41) is 1.90. The summed E-state index contributed by atoms with van der Waals surface area (Å²) in [6.07, 6.45) is 5.72. The van der Waals surface area contributed by atoms with Gasteiger partial charge in [0.25, 0.3) is 5.82 Å². The maximum atomic E-state index is 13.9. The van der Waals surface area contributed by atoms with E-state index in [9.17, 15) is 29.7 Å². The third-order valence-corrected chi connectivity index (χ3v) is 7.83. The average molecular weight is 484 g/mol. The molecule has 0 unspecified atom stereocenters. The predicted octanol–water partition coefficient (Wildman–Crippen LogP) is 6.41. The molecule has 1 heterocycles. The van der Waals surface area contributed by atoms with Gasteiger partial charge in [-0.15, -0.1) is 0 Å². The maximum absolute atomic E-state index is 13.9. The molecule has 0 spiro atoms. The molecule has 0 saturated carbocycles. The van der Waals surface area contributed by atoms with Gasteiger partial charge in [-0.2, -0.15) is 0 Å². The number of hydrogen-bond donors (Lipinski definition) is 0. The van der Waals surface area contributed by atoms with Gasteiger partial charge < -0.3 is 4.57 Å². The Labute approximate surface area is 176 Å². The van der Waals surface area contributed by atoms with Gasteiger partial charge in [-0.1, -0.05) is 60.7 Å². The first-order chi connectivity index (χ1) is 14.1. The number of rotatable bonds is 6. The van der Waals surface area contributed by atoms with Crippen LogP contribution >= 0.6 is 15.0 Å². The van der Waals surface area contributed by atoms with Crippen LogP contribution < -0.4 is 15.2 Å². The molecule has 0 aliphatic rings. The summed E-state index contributed by atoms with van der Waals surface area (Å²) in [4.78, 5) is 0. The molecule has 2 aromatic carbocycles. The van der Waals surface area contributed by atoms with Crippen molar-refractivity contribution in [3.63, 3.8) is 0 Å². The Bertz CT molecular complexity index is 997. The zero-order valence-electron chi connectivity index (χ0n) is 17.0. The van der Waals surface area contributed by atoms with Crippen molar-refractivity contribution in [3.05, 3.63) is 78.9 Å². The van der Waals surface area contributed by atoms with Gasteiger partial charge in [0, 0.05) is 23.7 Å².